The fourth-order valence-corrected chi connectivity index (χ4v) is 3.93. The van der Waals surface area contributed by atoms with E-state index in [-0.39, 0.29) is 11.2 Å². The van der Waals surface area contributed by atoms with Crippen LogP contribution in [0.3, 0.4) is 0 Å². The molecule has 3 rings (SSSR count). The van der Waals surface area contributed by atoms with Crippen LogP contribution >= 0.6 is 23.1 Å². The fourth-order valence-electron chi connectivity index (χ4n) is 2.38. The number of anilines is 1. The predicted octanol–water partition coefficient (Wildman–Crippen LogP) is 3.93. The molecule has 0 fully saturated rings. The van der Waals surface area contributed by atoms with Gasteiger partial charge in [-0.25, -0.2) is 4.98 Å². The number of hydrogen-bond acceptors (Lipinski definition) is 6. The van der Waals surface area contributed by atoms with Crippen LogP contribution in [0.2, 0.25) is 0 Å². The predicted molar refractivity (Wildman–Crippen MR) is 102 cm³/mol. The van der Waals surface area contributed by atoms with Gasteiger partial charge in [-0.3, -0.25) is 4.79 Å². The molecule has 0 aliphatic rings. The van der Waals surface area contributed by atoms with Crippen molar-refractivity contribution in [2.45, 2.75) is 37.2 Å². The third kappa shape index (κ3) is 4.08. The van der Waals surface area contributed by atoms with Gasteiger partial charge in [0.05, 0.1) is 5.25 Å². The average molecular weight is 374 g/mol. The topological polar surface area (TPSA) is 72.7 Å². The van der Waals surface area contributed by atoms with Crippen molar-refractivity contribution in [3.63, 3.8) is 0 Å². The van der Waals surface area contributed by atoms with Crippen LogP contribution in [0.15, 0.2) is 47.1 Å². The monoisotopic (exact) mass is 373 g/mol. The van der Waals surface area contributed by atoms with E-state index in [0.29, 0.717) is 11.6 Å². The smallest absolute Gasteiger partial charge is 0.239 e. The number of benzene rings is 1. The van der Waals surface area contributed by atoms with E-state index in [1.54, 1.807) is 6.20 Å². The molecular weight excluding hydrogens is 354 g/mol. The minimum atomic E-state index is -0.248. The lowest BCUT2D eigenvalue weighted by molar-refractivity contribution is -0.115. The Bertz CT molecular complexity index is 817. The highest BCUT2D eigenvalue weighted by Gasteiger charge is 2.23. The van der Waals surface area contributed by atoms with Crippen molar-refractivity contribution in [3.8, 4) is 11.4 Å². The molecule has 1 amide bonds. The molecule has 0 aliphatic carbocycles. The van der Waals surface area contributed by atoms with Gasteiger partial charge in [0, 0.05) is 23.7 Å². The molecule has 1 N–H and O–H groups in total. The minimum Gasteiger partial charge on any atom is -0.302 e. The summed E-state index contributed by atoms with van der Waals surface area (Å²) < 4.78 is 2.04. The molecule has 0 saturated carbocycles. The molecule has 0 unspecified atom stereocenters. The third-order valence-corrected chi connectivity index (χ3v) is 5.67. The number of aromatic nitrogens is 4. The second kappa shape index (κ2) is 8.26. The molecule has 0 radical (unpaired) electrons. The Kier molecular flexibility index (Phi) is 5.83. The number of amides is 1. The maximum atomic E-state index is 12.5. The highest BCUT2D eigenvalue weighted by Crippen LogP contribution is 2.29. The molecule has 8 heteroatoms. The van der Waals surface area contributed by atoms with Gasteiger partial charge in [0.1, 0.15) is 0 Å². The van der Waals surface area contributed by atoms with Crippen molar-refractivity contribution < 1.29 is 4.79 Å². The zero-order chi connectivity index (χ0) is 17.6. The van der Waals surface area contributed by atoms with E-state index < -0.39 is 0 Å². The average Bonchev–Trinajstić information content (AvgIpc) is 3.29. The Morgan fingerprint density at radius 2 is 2.08 bits per heavy atom. The summed E-state index contributed by atoms with van der Waals surface area (Å²) in [4.78, 5) is 16.6. The highest BCUT2D eigenvalue weighted by atomic mass is 32.2. The quantitative estimate of drug-likeness (QED) is 0.635. The fraction of sp³-hybridized carbons (Fsp3) is 0.294. The van der Waals surface area contributed by atoms with Crippen molar-refractivity contribution in [1.29, 1.82) is 0 Å². The summed E-state index contributed by atoms with van der Waals surface area (Å²) in [6.07, 6.45) is 2.37. The number of thiazole rings is 1. The first kappa shape index (κ1) is 17.6. The maximum Gasteiger partial charge on any atom is 0.239 e. The molecule has 0 bridgehead atoms. The maximum absolute atomic E-state index is 12.5. The number of carbonyl (C=O) groups is 1. The van der Waals surface area contributed by atoms with Gasteiger partial charge in [-0.1, -0.05) is 49.0 Å². The van der Waals surface area contributed by atoms with E-state index in [1.165, 1.54) is 23.1 Å². The summed E-state index contributed by atoms with van der Waals surface area (Å²) in [6.45, 7) is 4.78. The second-order valence-electron chi connectivity index (χ2n) is 5.26. The van der Waals surface area contributed by atoms with Crippen LogP contribution in [0.1, 0.15) is 20.3 Å². The number of hydrogen-bond donors (Lipinski definition) is 1. The van der Waals surface area contributed by atoms with Crippen molar-refractivity contribution >= 4 is 34.1 Å². The minimum absolute atomic E-state index is 0.0608. The van der Waals surface area contributed by atoms with Crippen LogP contribution in [-0.2, 0) is 11.3 Å². The van der Waals surface area contributed by atoms with Gasteiger partial charge in [0.15, 0.2) is 16.1 Å². The number of nitrogens with zero attached hydrogens (tertiary/aromatic N) is 4. The van der Waals surface area contributed by atoms with Gasteiger partial charge < -0.3 is 9.88 Å². The zero-order valence-corrected chi connectivity index (χ0v) is 15.7. The van der Waals surface area contributed by atoms with Gasteiger partial charge in [-0.05, 0) is 13.3 Å². The Morgan fingerprint density at radius 3 is 2.72 bits per heavy atom. The van der Waals surface area contributed by atoms with Gasteiger partial charge in [-0.2, -0.15) is 0 Å². The van der Waals surface area contributed by atoms with Crippen molar-refractivity contribution in [3.05, 3.63) is 41.9 Å². The summed E-state index contributed by atoms with van der Waals surface area (Å²) in [6, 6.07) is 9.95. The number of rotatable bonds is 7. The van der Waals surface area contributed by atoms with Crippen molar-refractivity contribution in [2.24, 2.45) is 0 Å². The van der Waals surface area contributed by atoms with Crippen LogP contribution in [0.25, 0.3) is 11.4 Å². The summed E-state index contributed by atoms with van der Waals surface area (Å²) in [5.41, 5.74) is 1.02. The highest BCUT2D eigenvalue weighted by molar-refractivity contribution is 8.00. The van der Waals surface area contributed by atoms with Crippen molar-refractivity contribution in [2.75, 3.05) is 5.32 Å². The van der Waals surface area contributed by atoms with Gasteiger partial charge >= 0.3 is 0 Å². The van der Waals surface area contributed by atoms with Gasteiger partial charge in [-0.15, -0.1) is 21.5 Å². The first-order chi connectivity index (χ1) is 12.2. The van der Waals surface area contributed by atoms with Gasteiger partial charge in [0.2, 0.25) is 5.91 Å². The lowest BCUT2D eigenvalue weighted by atomic mass is 10.2. The molecule has 25 heavy (non-hydrogen) atoms. The van der Waals surface area contributed by atoms with E-state index in [2.05, 4.69) is 27.4 Å². The van der Waals surface area contributed by atoms with E-state index >= 15 is 0 Å². The lowest BCUT2D eigenvalue weighted by Gasteiger charge is -2.14. The molecular formula is C17H19N5OS2. The summed E-state index contributed by atoms with van der Waals surface area (Å²) in [5, 5.41) is 14.5. The molecule has 0 saturated heterocycles. The Balaban J connectivity index is 1.79. The molecule has 2 heterocycles. The van der Waals surface area contributed by atoms with Crippen LogP contribution < -0.4 is 5.32 Å². The van der Waals surface area contributed by atoms with Gasteiger partial charge in [0.25, 0.3) is 0 Å². The first-order valence-electron chi connectivity index (χ1n) is 8.08. The molecule has 2 aromatic heterocycles. The Hall–Kier alpha value is -2.19. The molecule has 0 aliphatic heterocycles. The SMILES string of the molecule is CC[C@@H](Sc1nnc(-c2ccccc2)n1CC)C(=O)Nc1nccs1. The zero-order valence-electron chi connectivity index (χ0n) is 14.0. The van der Waals surface area contributed by atoms with E-state index in [9.17, 15) is 4.79 Å². The van der Waals surface area contributed by atoms with Crippen molar-refractivity contribution in [1.82, 2.24) is 19.7 Å². The molecule has 1 atom stereocenters. The Labute approximate surface area is 154 Å². The van der Waals surface area contributed by atoms with Crippen LogP contribution in [0.4, 0.5) is 5.13 Å². The summed E-state index contributed by atoms with van der Waals surface area (Å²) >= 11 is 2.85. The van der Waals surface area contributed by atoms with Crippen LogP contribution in [0.5, 0.6) is 0 Å². The van der Waals surface area contributed by atoms with E-state index in [1.807, 2.05) is 47.2 Å². The number of carbonyl (C=O) groups excluding carboxylic acids is 1. The molecule has 3 aromatic rings. The Morgan fingerprint density at radius 1 is 1.28 bits per heavy atom. The number of nitrogens with one attached hydrogen (secondary N) is 1. The normalized spacial score (nSPS) is 12.1. The molecule has 1 aromatic carbocycles. The van der Waals surface area contributed by atoms with E-state index in [0.717, 1.165) is 23.1 Å². The molecule has 6 nitrogen and oxygen atoms in total. The van der Waals surface area contributed by atoms with E-state index in [4.69, 9.17) is 0 Å². The third-order valence-electron chi connectivity index (χ3n) is 3.64. The lowest BCUT2D eigenvalue weighted by Crippen LogP contribution is -2.25. The standard InChI is InChI=1S/C17H19N5OS2/c1-3-13(15(23)19-16-18-10-11-24-16)25-17-21-20-14(22(17)4-2)12-8-6-5-7-9-12/h5-11,13H,3-4H2,1-2H3,(H,18,19,23)/t13-/m1/s1. The largest absolute Gasteiger partial charge is 0.302 e. The molecule has 130 valence electrons. The summed E-state index contributed by atoms with van der Waals surface area (Å²) in [5.74, 6) is 0.759. The first-order valence-corrected chi connectivity index (χ1v) is 9.84. The second-order valence-corrected chi connectivity index (χ2v) is 7.32. The van der Waals surface area contributed by atoms with Crippen LogP contribution in [-0.4, -0.2) is 30.9 Å². The number of thioether (sulfide) groups is 1. The van der Waals surface area contributed by atoms with Crippen LogP contribution in [0, 0.1) is 0 Å². The summed E-state index contributed by atoms with van der Waals surface area (Å²) in [7, 11) is 0. The molecule has 0 spiro atoms.